The molecule has 1 N–H and O–H groups in total. The molecule has 1 heterocycles. The van der Waals surface area contributed by atoms with Crippen LogP contribution >= 0.6 is 0 Å². The summed E-state index contributed by atoms with van der Waals surface area (Å²) in [5, 5.41) is 10.7. The second-order valence-corrected chi connectivity index (χ2v) is 7.04. The third-order valence-electron chi connectivity index (χ3n) is 4.13. The molecule has 0 spiro atoms. The Labute approximate surface area is 171 Å². The van der Waals surface area contributed by atoms with Gasteiger partial charge in [0.25, 0.3) is 5.91 Å². The Balaban J connectivity index is 1.91. The zero-order valence-electron chi connectivity index (χ0n) is 16.6. The molecule has 0 saturated carbocycles. The van der Waals surface area contributed by atoms with Crippen molar-refractivity contribution in [3.05, 3.63) is 71.4 Å². The molecule has 1 amide bonds. The van der Waals surface area contributed by atoms with Gasteiger partial charge >= 0.3 is 6.18 Å². The van der Waals surface area contributed by atoms with E-state index < -0.39 is 11.7 Å². The van der Waals surface area contributed by atoms with Gasteiger partial charge in [-0.3, -0.25) is 4.79 Å². The summed E-state index contributed by atoms with van der Waals surface area (Å²) in [6.07, 6.45) is -4.46. The van der Waals surface area contributed by atoms with Crippen molar-refractivity contribution in [3.8, 4) is 22.8 Å². The van der Waals surface area contributed by atoms with Gasteiger partial charge in [-0.05, 0) is 68.8 Å². The molecule has 3 rings (SSSR count). The van der Waals surface area contributed by atoms with Crippen LogP contribution in [0.1, 0.15) is 35.5 Å². The summed E-state index contributed by atoms with van der Waals surface area (Å²) in [6, 6.07) is 12.9. The highest BCUT2D eigenvalue weighted by Gasteiger charge is 2.30. The van der Waals surface area contributed by atoms with Crippen molar-refractivity contribution in [1.29, 1.82) is 0 Å². The molecule has 156 valence electrons. The number of hydrogen-bond donors (Lipinski definition) is 1. The molecule has 2 aromatic carbocycles. The predicted molar refractivity (Wildman–Crippen MR) is 106 cm³/mol. The Morgan fingerprint density at radius 3 is 2.37 bits per heavy atom. The maximum absolute atomic E-state index is 13.1. The third kappa shape index (κ3) is 5.14. The van der Waals surface area contributed by atoms with E-state index in [0.29, 0.717) is 28.1 Å². The van der Waals surface area contributed by atoms with Crippen LogP contribution in [0.4, 0.5) is 13.2 Å². The molecule has 0 unspecified atom stereocenters. The number of hydrogen-bond acceptors (Lipinski definition) is 4. The minimum atomic E-state index is -4.46. The molecule has 3 aromatic rings. The third-order valence-corrected chi connectivity index (χ3v) is 4.13. The van der Waals surface area contributed by atoms with Crippen molar-refractivity contribution in [2.45, 2.75) is 33.0 Å². The fourth-order valence-corrected chi connectivity index (χ4v) is 2.75. The number of carbonyl (C=O) groups excluding carboxylic acids is 1. The van der Waals surface area contributed by atoms with Crippen LogP contribution in [0, 0.1) is 6.92 Å². The molecule has 30 heavy (non-hydrogen) atoms. The standard InChI is InChI=1S/C22H20F3N3O2/c1-13(2)26-20(29)15-7-9-18(10-8-15)30-21-19(11-14(3)27-28-21)16-5-4-6-17(12-16)22(23,24)25/h4-13H,1-3H3,(H,26,29). The zero-order valence-corrected chi connectivity index (χ0v) is 16.6. The Morgan fingerprint density at radius 1 is 1.03 bits per heavy atom. The first-order chi connectivity index (χ1) is 14.1. The van der Waals surface area contributed by atoms with Gasteiger partial charge in [-0.15, -0.1) is 5.10 Å². The number of carbonyl (C=O) groups is 1. The molecule has 0 aliphatic carbocycles. The predicted octanol–water partition coefficient (Wildman–Crippen LogP) is 5.40. The van der Waals surface area contributed by atoms with Crippen molar-refractivity contribution in [2.24, 2.45) is 0 Å². The smallest absolute Gasteiger partial charge is 0.416 e. The molecular weight excluding hydrogens is 395 g/mol. The van der Waals surface area contributed by atoms with Gasteiger partial charge in [0.05, 0.1) is 11.3 Å². The Hall–Kier alpha value is -3.42. The molecule has 1 aromatic heterocycles. The van der Waals surface area contributed by atoms with Crippen LogP contribution in [0.5, 0.6) is 11.6 Å². The number of benzene rings is 2. The van der Waals surface area contributed by atoms with E-state index in [4.69, 9.17) is 4.74 Å². The number of amides is 1. The van der Waals surface area contributed by atoms with Gasteiger partial charge in [-0.1, -0.05) is 12.1 Å². The summed E-state index contributed by atoms with van der Waals surface area (Å²) < 4.78 is 45.1. The van der Waals surface area contributed by atoms with Crippen molar-refractivity contribution >= 4 is 5.91 Å². The SMILES string of the molecule is Cc1cc(-c2cccc(C(F)(F)F)c2)c(Oc2ccc(C(=O)NC(C)C)cc2)nn1. The van der Waals surface area contributed by atoms with Gasteiger partial charge in [-0.25, -0.2) is 0 Å². The first-order valence-corrected chi connectivity index (χ1v) is 9.24. The highest BCUT2D eigenvalue weighted by atomic mass is 19.4. The lowest BCUT2D eigenvalue weighted by Crippen LogP contribution is -2.29. The van der Waals surface area contributed by atoms with E-state index in [-0.39, 0.29) is 17.8 Å². The summed E-state index contributed by atoms with van der Waals surface area (Å²) in [5.41, 5.74) is 0.932. The largest absolute Gasteiger partial charge is 0.437 e. The lowest BCUT2D eigenvalue weighted by Gasteiger charge is -2.13. The van der Waals surface area contributed by atoms with Gasteiger partial charge in [0.15, 0.2) is 0 Å². The minimum absolute atomic E-state index is 0.00581. The average molecular weight is 415 g/mol. The first kappa shape index (κ1) is 21.3. The van der Waals surface area contributed by atoms with E-state index in [0.717, 1.165) is 12.1 Å². The highest BCUT2D eigenvalue weighted by molar-refractivity contribution is 5.94. The van der Waals surface area contributed by atoms with Crippen LogP contribution in [0.15, 0.2) is 54.6 Å². The maximum Gasteiger partial charge on any atom is 0.416 e. The second kappa shape index (κ2) is 8.52. The normalized spacial score (nSPS) is 11.4. The fourth-order valence-electron chi connectivity index (χ4n) is 2.75. The molecule has 8 heteroatoms. The molecule has 0 radical (unpaired) electrons. The Bertz CT molecular complexity index is 1050. The van der Waals surface area contributed by atoms with Crippen LogP contribution in [0.3, 0.4) is 0 Å². The van der Waals surface area contributed by atoms with Crippen molar-refractivity contribution in [2.75, 3.05) is 0 Å². The summed E-state index contributed by atoms with van der Waals surface area (Å²) in [6.45, 7) is 5.41. The number of nitrogens with zero attached hydrogens (tertiary/aromatic N) is 2. The van der Waals surface area contributed by atoms with Crippen LogP contribution in [0.25, 0.3) is 11.1 Å². The van der Waals surface area contributed by atoms with E-state index in [1.54, 1.807) is 43.3 Å². The molecule has 5 nitrogen and oxygen atoms in total. The van der Waals surface area contributed by atoms with Crippen LogP contribution < -0.4 is 10.1 Å². The molecule has 0 aliphatic rings. The van der Waals surface area contributed by atoms with Crippen LogP contribution in [-0.4, -0.2) is 22.1 Å². The van der Waals surface area contributed by atoms with E-state index in [2.05, 4.69) is 15.5 Å². The zero-order chi connectivity index (χ0) is 21.9. The first-order valence-electron chi connectivity index (χ1n) is 9.24. The summed E-state index contributed by atoms with van der Waals surface area (Å²) in [5.74, 6) is 0.234. The molecule has 0 saturated heterocycles. The molecule has 0 atom stereocenters. The number of nitrogens with one attached hydrogen (secondary N) is 1. The van der Waals surface area contributed by atoms with E-state index in [9.17, 15) is 18.0 Å². The second-order valence-electron chi connectivity index (χ2n) is 7.04. The fraction of sp³-hybridized carbons (Fsp3) is 0.227. The lowest BCUT2D eigenvalue weighted by atomic mass is 10.0. The number of aryl methyl sites for hydroxylation is 1. The quantitative estimate of drug-likeness (QED) is 0.606. The minimum Gasteiger partial charge on any atom is -0.437 e. The highest BCUT2D eigenvalue weighted by Crippen LogP contribution is 2.36. The van der Waals surface area contributed by atoms with E-state index in [1.165, 1.54) is 6.07 Å². The van der Waals surface area contributed by atoms with Crippen molar-refractivity contribution < 1.29 is 22.7 Å². The number of halogens is 3. The molecule has 0 fully saturated rings. The number of aromatic nitrogens is 2. The van der Waals surface area contributed by atoms with Gasteiger partial charge in [0.1, 0.15) is 5.75 Å². The maximum atomic E-state index is 13.1. The van der Waals surface area contributed by atoms with Gasteiger partial charge in [0, 0.05) is 17.2 Å². The summed E-state index contributed by atoms with van der Waals surface area (Å²) in [7, 11) is 0. The van der Waals surface area contributed by atoms with Gasteiger partial charge < -0.3 is 10.1 Å². The van der Waals surface area contributed by atoms with Crippen LogP contribution in [-0.2, 0) is 6.18 Å². The van der Waals surface area contributed by atoms with Gasteiger partial charge in [-0.2, -0.15) is 18.3 Å². The molecule has 0 bridgehead atoms. The van der Waals surface area contributed by atoms with Crippen molar-refractivity contribution in [1.82, 2.24) is 15.5 Å². The lowest BCUT2D eigenvalue weighted by molar-refractivity contribution is -0.137. The summed E-state index contributed by atoms with van der Waals surface area (Å²) in [4.78, 5) is 12.0. The average Bonchev–Trinajstić information content (AvgIpc) is 2.69. The number of ether oxygens (including phenoxy) is 1. The number of rotatable bonds is 5. The van der Waals surface area contributed by atoms with Crippen LogP contribution in [0.2, 0.25) is 0 Å². The van der Waals surface area contributed by atoms with E-state index in [1.807, 2.05) is 13.8 Å². The van der Waals surface area contributed by atoms with Crippen molar-refractivity contribution in [3.63, 3.8) is 0 Å². The van der Waals surface area contributed by atoms with Gasteiger partial charge in [0.2, 0.25) is 5.88 Å². The number of alkyl halides is 3. The summed E-state index contributed by atoms with van der Waals surface area (Å²) >= 11 is 0. The van der Waals surface area contributed by atoms with E-state index >= 15 is 0 Å². The topological polar surface area (TPSA) is 64.1 Å². The monoisotopic (exact) mass is 415 g/mol. The Morgan fingerprint density at radius 2 is 1.73 bits per heavy atom. The molecule has 0 aliphatic heterocycles. The molecular formula is C22H20F3N3O2. The Kier molecular flexibility index (Phi) is 6.05.